The lowest BCUT2D eigenvalue weighted by atomic mass is 10.1. The number of aryl methyl sites for hydroxylation is 1. The Morgan fingerprint density at radius 2 is 2.40 bits per heavy atom. The number of phenols is 1. The van der Waals surface area contributed by atoms with Crippen molar-refractivity contribution in [2.24, 2.45) is 0 Å². The molecule has 4 heteroatoms. The van der Waals surface area contributed by atoms with Gasteiger partial charge in [-0.3, -0.25) is 0 Å². The van der Waals surface area contributed by atoms with Crippen LogP contribution in [0.4, 0.5) is 0 Å². The minimum atomic E-state index is -0.368. The number of fused-ring (bicyclic) bond motifs is 1. The first-order valence-electron chi connectivity index (χ1n) is 4.88. The van der Waals surface area contributed by atoms with E-state index in [1.54, 1.807) is 18.7 Å². The second kappa shape index (κ2) is 4.14. The van der Waals surface area contributed by atoms with E-state index in [1.807, 2.05) is 6.07 Å². The molecule has 3 nitrogen and oxygen atoms in total. The third-order valence-electron chi connectivity index (χ3n) is 2.28. The topological polar surface area (TPSA) is 46.5 Å². The van der Waals surface area contributed by atoms with Crippen LogP contribution in [0.2, 0.25) is 0 Å². The lowest BCUT2D eigenvalue weighted by Gasteiger charge is -2.06. The van der Waals surface area contributed by atoms with E-state index in [2.05, 4.69) is 0 Å². The van der Waals surface area contributed by atoms with Gasteiger partial charge in [-0.25, -0.2) is 4.79 Å². The van der Waals surface area contributed by atoms with E-state index < -0.39 is 0 Å². The number of phenolic OH excluding ortho intramolecular Hbond substituents is 1. The molecule has 1 aromatic carbocycles. The summed E-state index contributed by atoms with van der Waals surface area (Å²) in [5, 5.41) is 9.70. The van der Waals surface area contributed by atoms with Crippen molar-refractivity contribution in [1.82, 2.24) is 0 Å². The highest BCUT2D eigenvalue weighted by Crippen LogP contribution is 2.39. The molecule has 0 spiro atoms. The van der Waals surface area contributed by atoms with Crippen LogP contribution < -0.4 is 0 Å². The Kier molecular flexibility index (Phi) is 2.86. The first-order valence-corrected chi connectivity index (χ1v) is 5.86. The maximum Gasteiger partial charge on any atom is 0.338 e. The summed E-state index contributed by atoms with van der Waals surface area (Å²) in [4.78, 5) is 12.4. The number of aromatic hydroxyl groups is 1. The van der Waals surface area contributed by atoms with Crippen LogP contribution in [-0.4, -0.2) is 23.4 Å². The summed E-state index contributed by atoms with van der Waals surface area (Å²) in [6.45, 7) is 2.12. The highest BCUT2D eigenvalue weighted by molar-refractivity contribution is 7.99. The van der Waals surface area contributed by atoms with Crippen LogP contribution in [0.3, 0.4) is 0 Å². The minimum Gasteiger partial charge on any atom is -0.507 e. The summed E-state index contributed by atoms with van der Waals surface area (Å²) >= 11 is 1.63. The Morgan fingerprint density at radius 3 is 3.13 bits per heavy atom. The van der Waals surface area contributed by atoms with Crippen LogP contribution in [0.5, 0.6) is 5.75 Å². The van der Waals surface area contributed by atoms with Crippen molar-refractivity contribution < 1.29 is 14.6 Å². The largest absolute Gasteiger partial charge is 0.507 e. The van der Waals surface area contributed by atoms with E-state index in [-0.39, 0.29) is 11.7 Å². The molecule has 0 aliphatic carbocycles. The molecular formula is C11H12O3S. The normalized spacial score (nSPS) is 13.7. The molecule has 0 saturated heterocycles. The summed E-state index contributed by atoms with van der Waals surface area (Å²) in [5.41, 5.74) is 1.48. The molecule has 0 atom stereocenters. The van der Waals surface area contributed by atoms with Gasteiger partial charge in [0.15, 0.2) is 0 Å². The molecule has 1 N–H and O–H groups in total. The Bertz CT molecular complexity index is 401. The summed E-state index contributed by atoms with van der Waals surface area (Å²) in [7, 11) is 0. The molecule has 0 amide bonds. The maximum atomic E-state index is 11.5. The highest BCUT2D eigenvalue weighted by atomic mass is 32.2. The average molecular weight is 224 g/mol. The van der Waals surface area contributed by atoms with Crippen LogP contribution in [0.15, 0.2) is 17.0 Å². The number of carbonyl (C=O) groups is 1. The van der Waals surface area contributed by atoms with Gasteiger partial charge >= 0.3 is 5.97 Å². The van der Waals surface area contributed by atoms with Crippen molar-refractivity contribution in [3.05, 3.63) is 23.3 Å². The summed E-state index contributed by atoms with van der Waals surface area (Å²) in [5.74, 6) is 0.792. The van der Waals surface area contributed by atoms with Gasteiger partial charge < -0.3 is 9.84 Å². The second-order valence-electron chi connectivity index (χ2n) is 3.30. The third-order valence-corrected chi connectivity index (χ3v) is 3.44. The number of hydrogen-bond donors (Lipinski definition) is 1. The molecule has 1 aliphatic rings. The van der Waals surface area contributed by atoms with Crippen molar-refractivity contribution in [1.29, 1.82) is 0 Å². The number of thioether (sulfide) groups is 1. The van der Waals surface area contributed by atoms with Crippen molar-refractivity contribution >= 4 is 17.7 Å². The number of esters is 1. The fraction of sp³-hybridized carbons (Fsp3) is 0.364. The van der Waals surface area contributed by atoms with Gasteiger partial charge in [0.2, 0.25) is 0 Å². The number of benzene rings is 1. The summed E-state index contributed by atoms with van der Waals surface area (Å²) < 4.78 is 4.89. The smallest absolute Gasteiger partial charge is 0.338 e. The molecule has 1 aromatic rings. The van der Waals surface area contributed by atoms with Crippen molar-refractivity contribution in [3.63, 3.8) is 0 Å². The van der Waals surface area contributed by atoms with Crippen LogP contribution in [-0.2, 0) is 11.2 Å². The zero-order valence-electron chi connectivity index (χ0n) is 8.45. The van der Waals surface area contributed by atoms with E-state index in [4.69, 9.17) is 4.74 Å². The van der Waals surface area contributed by atoms with Gasteiger partial charge in [0.05, 0.1) is 17.1 Å². The first kappa shape index (κ1) is 10.4. The predicted octanol–water partition coefficient (Wildman–Crippen LogP) is 2.22. The van der Waals surface area contributed by atoms with E-state index in [0.717, 1.165) is 22.6 Å². The Morgan fingerprint density at radius 1 is 1.60 bits per heavy atom. The van der Waals surface area contributed by atoms with Crippen LogP contribution in [0, 0.1) is 0 Å². The van der Waals surface area contributed by atoms with Gasteiger partial charge in [-0.1, -0.05) is 0 Å². The quantitative estimate of drug-likeness (QED) is 0.782. The molecule has 0 fully saturated rings. The van der Waals surface area contributed by atoms with Gasteiger partial charge in [-0.2, -0.15) is 0 Å². The fourth-order valence-electron chi connectivity index (χ4n) is 1.62. The monoisotopic (exact) mass is 224 g/mol. The summed E-state index contributed by atoms with van der Waals surface area (Å²) in [6, 6.07) is 3.29. The molecule has 2 rings (SSSR count). The molecule has 1 aliphatic heterocycles. The highest BCUT2D eigenvalue weighted by Gasteiger charge is 2.19. The summed E-state index contributed by atoms with van der Waals surface area (Å²) in [6.07, 6.45) is 0.904. The molecule has 0 unspecified atom stereocenters. The Hall–Kier alpha value is -1.16. The van der Waals surface area contributed by atoms with Crippen molar-refractivity contribution in [2.75, 3.05) is 12.4 Å². The zero-order chi connectivity index (χ0) is 10.8. The van der Waals surface area contributed by atoms with Gasteiger partial charge in [-0.05, 0) is 31.0 Å². The molecule has 1 heterocycles. The van der Waals surface area contributed by atoms with Gasteiger partial charge in [0.1, 0.15) is 5.75 Å². The van der Waals surface area contributed by atoms with E-state index in [1.165, 1.54) is 6.07 Å². The lowest BCUT2D eigenvalue weighted by molar-refractivity contribution is 0.0525. The molecule has 0 saturated carbocycles. The Labute approximate surface area is 92.4 Å². The van der Waals surface area contributed by atoms with E-state index >= 15 is 0 Å². The Balaban J connectivity index is 2.35. The molecule has 0 aromatic heterocycles. The van der Waals surface area contributed by atoms with Gasteiger partial charge in [-0.15, -0.1) is 11.8 Å². The molecule has 15 heavy (non-hydrogen) atoms. The maximum absolute atomic E-state index is 11.5. The van der Waals surface area contributed by atoms with E-state index in [9.17, 15) is 9.90 Å². The van der Waals surface area contributed by atoms with Crippen LogP contribution >= 0.6 is 11.8 Å². The SMILES string of the molecule is CCOC(=O)c1cc(O)c2c(c1)CCS2. The average Bonchev–Trinajstić information content (AvgIpc) is 2.66. The predicted molar refractivity (Wildman–Crippen MR) is 58.5 cm³/mol. The third kappa shape index (κ3) is 1.95. The standard InChI is InChI=1S/C11H12O3S/c1-2-14-11(13)8-5-7-3-4-15-10(7)9(12)6-8/h5-6,12H,2-4H2,1H3. The zero-order valence-corrected chi connectivity index (χ0v) is 9.26. The number of hydrogen-bond acceptors (Lipinski definition) is 4. The van der Waals surface area contributed by atoms with Crippen LogP contribution in [0.1, 0.15) is 22.8 Å². The lowest BCUT2D eigenvalue weighted by Crippen LogP contribution is -2.05. The number of carbonyl (C=O) groups excluding carboxylic acids is 1. The molecular weight excluding hydrogens is 212 g/mol. The van der Waals surface area contributed by atoms with Crippen molar-refractivity contribution in [3.8, 4) is 5.75 Å². The number of rotatable bonds is 2. The molecule has 80 valence electrons. The second-order valence-corrected chi connectivity index (χ2v) is 4.41. The molecule has 0 bridgehead atoms. The first-order chi connectivity index (χ1) is 7.22. The minimum absolute atomic E-state index is 0.193. The van der Waals surface area contributed by atoms with Gasteiger partial charge in [0.25, 0.3) is 0 Å². The van der Waals surface area contributed by atoms with Gasteiger partial charge in [0, 0.05) is 5.75 Å². The van der Waals surface area contributed by atoms with Crippen molar-refractivity contribution in [2.45, 2.75) is 18.2 Å². The number of ether oxygens (including phenoxy) is 1. The molecule has 0 radical (unpaired) electrons. The fourth-order valence-corrected chi connectivity index (χ4v) is 2.70. The van der Waals surface area contributed by atoms with Crippen LogP contribution in [0.25, 0.3) is 0 Å². The van der Waals surface area contributed by atoms with E-state index in [0.29, 0.717) is 12.2 Å².